The molecule has 2 heterocycles. The summed E-state index contributed by atoms with van der Waals surface area (Å²) in [5.41, 5.74) is 3.65. The second kappa shape index (κ2) is 7.46. The van der Waals surface area contributed by atoms with Crippen LogP contribution in [0.25, 0.3) is 20.8 Å². The molecule has 0 saturated heterocycles. The van der Waals surface area contributed by atoms with Crippen LogP contribution in [0.15, 0.2) is 60.7 Å². The number of phenolic OH excluding ortho intramolecular Hbond substituents is 1. The van der Waals surface area contributed by atoms with Crippen LogP contribution < -0.4 is 4.74 Å². The summed E-state index contributed by atoms with van der Waals surface area (Å²) in [6.07, 6.45) is 0. The minimum absolute atomic E-state index is 0.129. The predicted octanol–water partition coefficient (Wildman–Crippen LogP) is 5.20. The zero-order chi connectivity index (χ0) is 19.8. The first-order valence-electron chi connectivity index (χ1n) is 9.47. The third-order valence-corrected chi connectivity index (χ3v) is 6.12. The number of hydrogen-bond acceptors (Lipinski definition) is 5. The molecule has 0 amide bonds. The summed E-state index contributed by atoms with van der Waals surface area (Å²) in [7, 11) is 0. The summed E-state index contributed by atoms with van der Waals surface area (Å²) in [5.74, 6) is 0.422. The maximum Gasteiger partial charge on any atom is 0.165 e. The third-order valence-electron chi connectivity index (χ3n) is 5.03. The topological polar surface area (TPSA) is 45.6 Å². The minimum atomic E-state index is -0.232. The first-order valence-corrected chi connectivity index (χ1v) is 10.3. The highest BCUT2D eigenvalue weighted by Gasteiger charge is 2.21. The molecule has 0 bridgehead atoms. The van der Waals surface area contributed by atoms with Gasteiger partial charge in [0.2, 0.25) is 0 Å². The van der Waals surface area contributed by atoms with Gasteiger partial charge in [0.05, 0.1) is 10.2 Å². The van der Waals surface area contributed by atoms with E-state index in [0.29, 0.717) is 32.0 Å². The summed E-state index contributed by atoms with van der Waals surface area (Å²) in [6.45, 7) is 2.39. The number of halogens is 1. The lowest BCUT2D eigenvalue weighted by Crippen LogP contribution is -2.25. The average Bonchev–Trinajstić information content (AvgIpc) is 3.03. The molecule has 6 heteroatoms. The largest absolute Gasteiger partial charge is 0.504 e. The molecule has 1 aliphatic rings. The number of nitrogens with zero attached hydrogens (tertiary/aromatic N) is 2. The van der Waals surface area contributed by atoms with Gasteiger partial charge >= 0.3 is 0 Å². The fraction of sp³-hybridized carbons (Fsp3) is 0.174. The highest BCUT2D eigenvalue weighted by atomic mass is 32.1. The Kier molecular flexibility index (Phi) is 4.66. The van der Waals surface area contributed by atoms with Crippen molar-refractivity contribution < 1.29 is 14.2 Å². The lowest BCUT2D eigenvalue weighted by Gasteiger charge is -2.19. The van der Waals surface area contributed by atoms with Crippen LogP contribution in [0.2, 0.25) is 0 Å². The van der Waals surface area contributed by atoms with E-state index in [1.165, 1.54) is 6.07 Å². The Bertz CT molecular complexity index is 1160. The SMILES string of the molecule is Oc1cc(-c2nc3ccccc3s2)cc2c1OCCN(Cc1cccc(F)c1)C2. The summed E-state index contributed by atoms with van der Waals surface area (Å²) >= 11 is 1.60. The van der Waals surface area contributed by atoms with Gasteiger partial charge in [-0.2, -0.15) is 0 Å². The Hall–Kier alpha value is -2.96. The molecule has 29 heavy (non-hydrogen) atoms. The lowest BCUT2D eigenvalue weighted by molar-refractivity contribution is 0.217. The Morgan fingerprint density at radius 1 is 1.10 bits per heavy atom. The normalized spacial score (nSPS) is 14.4. The number of phenols is 1. The summed E-state index contributed by atoms with van der Waals surface area (Å²) in [5, 5.41) is 11.5. The van der Waals surface area contributed by atoms with E-state index in [-0.39, 0.29) is 11.6 Å². The molecule has 1 N–H and O–H groups in total. The Labute approximate surface area is 171 Å². The molecule has 0 atom stereocenters. The van der Waals surface area contributed by atoms with Crippen LogP contribution in [0.3, 0.4) is 0 Å². The van der Waals surface area contributed by atoms with E-state index in [2.05, 4.69) is 4.90 Å². The third kappa shape index (κ3) is 3.69. The molecule has 0 fully saturated rings. The Morgan fingerprint density at radius 3 is 2.86 bits per heavy atom. The van der Waals surface area contributed by atoms with Crippen LogP contribution in [0, 0.1) is 5.82 Å². The monoisotopic (exact) mass is 406 g/mol. The molecule has 1 aromatic heterocycles. The molecule has 0 saturated carbocycles. The van der Waals surface area contributed by atoms with Crippen LogP contribution >= 0.6 is 11.3 Å². The standard InChI is InChI=1S/C23H19FN2O2S/c24-18-5-3-4-15(10-18)13-26-8-9-28-22-17(14-26)11-16(12-20(22)27)23-25-19-6-1-2-7-21(19)29-23/h1-7,10-12,27H,8-9,13-14H2. The van der Waals surface area contributed by atoms with Crippen molar-refractivity contribution in [2.24, 2.45) is 0 Å². The molecule has 0 spiro atoms. The predicted molar refractivity (Wildman–Crippen MR) is 113 cm³/mol. The number of rotatable bonds is 3. The number of aromatic nitrogens is 1. The van der Waals surface area contributed by atoms with Crippen LogP contribution in [-0.4, -0.2) is 28.1 Å². The Morgan fingerprint density at radius 2 is 2.00 bits per heavy atom. The van der Waals surface area contributed by atoms with E-state index in [1.807, 2.05) is 36.4 Å². The minimum Gasteiger partial charge on any atom is -0.504 e. The Balaban J connectivity index is 1.48. The first kappa shape index (κ1) is 18.1. The number of para-hydroxylation sites is 1. The van der Waals surface area contributed by atoms with Crippen LogP contribution in [0.1, 0.15) is 11.1 Å². The van der Waals surface area contributed by atoms with Crippen molar-refractivity contribution in [2.45, 2.75) is 13.1 Å². The average molecular weight is 406 g/mol. The van der Waals surface area contributed by atoms with E-state index < -0.39 is 0 Å². The van der Waals surface area contributed by atoms with Crippen molar-refractivity contribution >= 4 is 21.6 Å². The maximum atomic E-state index is 13.5. The van der Waals surface area contributed by atoms with Gasteiger partial charge in [0.25, 0.3) is 0 Å². The van der Waals surface area contributed by atoms with Gasteiger partial charge in [0.15, 0.2) is 11.5 Å². The molecular weight excluding hydrogens is 387 g/mol. The van der Waals surface area contributed by atoms with Gasteiger partial charge in [-0.1, -0.05) is 24.3 Å². The molecule has 1 aliphatic heterocycles. The van der Waals surface area contributed by atoms with Gasteiger partial charge in [-0.05, 0) is 42.0 Å². The molecule has 4 nitrogen and oxygen atoms in total. The maximum absolute atomic E-state index is 13.5. The lowest BCUT2D eigenvalue weighted by atomic mass is 10.1. The molecule has 3 aromatic carbocycles. The molecular formula is C23H19FN2O2S. The van der Waals surface area contributed by atoms with Gasteiger partial charge < -0.3 is 9.84 Å². The van der Waals surface area contributed by atoms with Crippen LogP contribution in [0.5, 0.6) is 11.5 Å². The van der Waals surface area contributed by atoms with Crippen LogP contribution in [-0.2, 0) is 13.1 Å². The van der Waals surface area contributed by atoms with Crippen LogP contribution in [0.4, 0.5) is 4.39 Å². The quantitative estimate of drug-likeness (QED) is 0.508. The summed E-state index contributed by atoms with van der Waals surface area (Å²) in [4.78, 5) is 6.90. The smallest absolute Gasteiger partial charge is 0.165 e. The summed E-state index contributed by atoms with van der Waals surface area (Å²) in [6, 6.07) is 18.4. The molecule has 4 aromatic rings. The van der Waals surface area contributed by atoms with Crippen molar-refractivity contribution in [3.8, 4) is 22.1 Å². The molecule has 0 unspecified atom stereocenters. The molecule has 146 valence electrons. The van der Waals surface area contributed by atoms with E-state index in [0.717, 1.165) is 31.9 Å². The van der Waals surface area contributed by atoms with Gasteiger partial charge in [0, 0.05) is 30.8 Å². The summed E-state index contributed by atoms with van der Waals surface area (Å²) < 4.78 is 20.5. The van der Waals surface area contributed by atoms with Crippen molar-refractivity contribution in [3.63, 3.8) is 0 Å². The zero-order valence-corrected chi connectivity index (χ0v) is 16.5. The highest BCUT2D eigenvalue weighted by Crippen LogP contribution is 2.39. The number of hydrogen-bond donors (Lipinski definition) is 1. The van der Waals surface area contributed by atoms with E-state index in [9.17, 15) is 9.50 Å². The molecule has 5 rings (SSSR count). The van der Waals surface area contributed by atoms with Crippen molar-refractivity contribution in [1.82, 2.24) is 9.88 Å². The van der Waals surface area contributed by atoms with Gasteiger partial charge in [-0.3, -0.25) is 4.90 Å². The zero-order valence-electron chi connectivity index (χ0n) is 15.6. The van der Waals surface area contributed by atoms with Crippen molar-refractivity contribution in [1.29, 1.82) is 0 Å². The van der Waals surface area contributed by atoms with Crippen molar-refractivity contribution in [2.75, 3.05) is 13.2 Å². The number of fused-ring (bicyclic) bond motifs is 2. The fourth-order valence-corrected chi connectivity index (χ4v) is 4.65. The highest BCUT2D eigenvalue weighted by molar-refractivity contribution is 7.21. The van der Waals surface area contributed by atoms with Gasteiger partial charge in [-0.15, -0.1) is 11.3 Å². The van der Waals surface area contributed by atoms with E-state index in [1.54, 1.807) is 29.5 Å². The molecule has 0 radical (unpaired) electrons. The second-order valence-corrected chi connectivity index (χ2v) is 8.19. The number of benzene rings is 3. The van der Waals surface area contributed by atoms with Crippen molar-refractivity contribution in [3.05, 3.63) is 77.6 Å². The number of ether oxygens (including phenoxy) is 1. The van der Waals surface area contributed by atoms with E-state index >= 15 is 0 Å². The fourth-order valence-electron chi connectivity index (χ4n) is 3.70. The number of thiazole rings is 1. The second-order valence-electron chi connectivity index (χ2n) is 7.16. The molecule has 0 aliphatic carbocycles. The first-order chi connectivity index (χ1) is 14.2. The van der Waals surface area contributed by atoms with Gasteiger partial charge in [-0.25, -0.2) is 9.37 Å². The van der Waals surface area contributed by atoms with Gasteiger partial charge in [0.1, 0.15) is 17.4 Å². The number of aromatic hydroxyl groups is 1. The van der Waals surface area contributed by atoms with E-state index in [4.69, 9.17) is 9.72 Å².